The lowest BCUT2D eigenvalue weighted by molar-refractivity contribution is -0.134. The molecule has 0 spiro atoms. The number of carboxylic acids is 1. The summed E-state index contributed by atoms with van der Waals surface area (Å²) < 4.78 is 9.68. The average Bonchev–Trinajstić information content (AvgIpc) is 1.87. The van der Waals surface area contributed by atoms with Crippen LogP contribution in [0.4, 0.5) is 0 Å². The van der Waals surface area contributed by atoms with Crippen LogP contribution in [0.3, 0.4) is 0 Å². The lowest BCUT2D eigenvalue weighted by Crippen LogP contribution is -2.26. The third kappa shape index (κ3) is 22.8. The van der Waals surface area contributed by atoms with E-state index in [1.54, 1.807) is 0 Å². The molecule has 74 valence electrons. The van der Waals surface area contributed by atoms with Gasteiger partial charge in [0.1, 0.15) is 0 Å². The zero-order chi connectivity index (χ0) is 9.98. The predicted molar refractivity (Wildman–Crippen MR) is 44.5 cm³/mol. The second-order valence-corrected chi connectivity index (χ2v) is 1.80. The fourth-order valence-electron chi connectivity index (χ4n) is 0.377. The predicted octanol–water partition coefficient (Wildman–Crippen LogP) is 0.393. The highest BCUT2D eigenvalue weighted by atomic mass is 16.7. The molecule has 0 bridgehead atoms. The van der Waals surface area contributed by atoms with Crippen LogP contribution in [0.15, 0.2) is 0 Å². The van der Waals surface area contributed by atoms with Gasteiger partial charge in [0, 0.05) is 20.1 Å². The van der Waals surface area contributed by atoms with E-state index in [4.69, 9.17) is 25.1 Å². The summed E-state index contributed by atoms with van der Waals surface area (Å²) >= 11 is 0. The van der Waals surface area contributed by atoms with E-state index in [0.717, 1.165) is 6.92 Å². The summed E-state index contributed by atoms with van der Waals surface area (Å²) in [6.45, 7) is 6.03. The Morgan fingerprint density at radius 1 is 1.42 bits per heavy atom. The third-order valence-corrected chi connectivity index (χ3v) is 0.662. The maximum atomic E-state index is 9.00. The Bertz CT molecular complexity index is 97.6. The molecule has 0 radical (unpaired) electrons. The standard InChI is InChI=1S/C5H13NO2.C2H4O2/c1-3-7-5(6)8-4-2;1-2(3)4/h5H,3-4,6H2,1-2H3;1H3,(H,3,4). The van der Waals surface area contributed by atoms with Crippen LogP contribution >= 0.6 is 0 Å². The highest BCUT2D eigenvalue weighted by Gasteiger charge is 1.95. The number of ether oxygens (including phenoxy) is 2. The Hall–Kier alpha value is -0.650. The number of hydrogen-bond donors (Lipinski definition) is 2. The van der Waals surface area contributed by atoms with E-state index < -0.39 is 12.4 Å². The molecule has 0 fully saturated rings. The quantitative estimate of drug-likeness (QED) is 0.610. The monoisotopic (exact) mass is 179 g/mol. The van der Waals surface area contributed by atoms with Gasteiger partial charge in [0.05, 0.1) is 0 Å². The molecule has 0 amide bonds. The minimum atomic E-state index is -0.833. The van der Waals surface area contributed by atoms with Crippen molar-refractivity contribution < 1.29 is 19.4 Å². The molecule has 3 N–H and O–H groups in total. The smallest absolute Gasteiger partial charge is 0.300 e. The Morgan fingerprint density at radius 3 is 1.83 bits per heavy atom. The van der Waals surface area contributed by atoms with Gasteiger partial charge in [0.15, 0.2) is 0 Å². The molecule has 5 heteroatoms. The van der Waals surface area contributed by atoms with Crippen molar-refractivity contribution in [1.82, 2.24) is 0 Å². The van der Waals surface area contributed by atoms with E-state index in [1.807, 2.05) is 13.8 Å². The Morgan fingerprint density at radius 2 is 1.67 bits per heavy atom. The molecule has 0 aliphatic heterocycles. The van der Waals surface area contributed by atoms with E-state index in [2.05, 4.69) is 0 Å². The summed E-state index contributed by atoms with van der Waals surface area (Å²) in [6.07, 6.45) is -0.537. The van der Waals surface area contributed by atoms with Crippen molar-refractivity contribution in [2.45, 2.75) is 27.2 Å². The molecule has 0 aromatic heterocycles. The molecule has 0 rings (SSSR count). The molecular weight excluding hydrogens is 162 g/mol. The zero-order valence-electron chi connectivity index (χ0n) is 7.74. The Labute approximate surface area is 72.5 Å². The van der Waals surface area contributed by atoms with Crippen LogP contribution < -0.4 is 5.73 Å². The summed E-state index contributed by atoms with van der Waals surface area (Å²) in [5, 5.41) is 7.42. The maximum Gasteiger partial charge on any atom is 0.300 e. The van der Waals surface area contributed by atoms with Crippen molar-refractivity contribution in [2.24, 2.45) is 5.73 Å². The normalized spacial score (nSPS) is 9.08. The molecule has 0 aliphatic carbocycles. The van der Waals surface area contributed by atoms with Gasteiger partial charge in [-0.05, 0) is 13.8 Å². The van der Waals surface area contributed by atoms with Crippen LogP contribution in [-0.4, -0.2) is 30.7 Å². The summed E-state index contributed by atoms with van der Waals surface area (Å²) in [7, 11) is 0. The Kier molecular flexibility index (Phi) is 12.0. The van der Waals surface area contributed by atoms with Crippen molar-refractivity contribution in [3.8, 4) is 0 Å². The first-order valence-electron chi connectivity index (χ1n) is 3.72. The molecule has 5 nitrogen and oxygen atoms in total. The van der Waals surface area contributed by atoms with Gasteiger partial charge in [-0.1, -0.05) is 0 Å². The minimum Gasteiger partial charge on any atom is -0.481 e. The number of rotatable bonds is 4. The average molecular weight is 179 g/mol. The van der Waals surface area contributed by atoms with Gasteiger partial charge in [-0.25, -0.2) is 0 Å². The zero-order valence-corrected chi connectivity index (χ0v) is 7.74. The van der Waals surface area contributed by atoms with Gasteiger partial charge in [-0.2, -0.15) is 0 Å². The van der Waals surface area contributed by atoms with Crippen molar-refractivity contribution in [2.75, 3.05) is 13.2 Å². The second-order valence-electron chi connectivity index (χ2n) is 1.80. The van der Waals surface area contributed by atoms with Crippen LogP contribution in [0.1, 0.15) is 20.8 Å². The summed E-state index contributed by atoms with van der Waals surface area (Å²) in [5.41, 5.74) is 5.25. The topological polar surface area (TPSA) is 81.8 Å². The van der Waals surface area contributed by atoms with Crippen LogP contribution in [0, 0.1) is 0 Å². The highest BCUT2D eigenvalue weighted by molar-refractivity contribution is 5.62. The number of carboxylic acid groups (broad SMARTS) is 1. The fourth-order valence-corrected chi connectivity index (χ4v) is 0.377. The van der Waals surface area contributed by atoms with Crippen LogP contribution in [0.2, 0.25) is 0 Å². The first-order valence-corrected chi connectivity index (χ1v) is 3.72. The third-order valence-electron chi connectivity index (χ3n) is 0.662. The van der Waals surface area contributed by atoms with E-state index >= 15 is 0 Å². The highest BCUT2D eigenvalue weighted by Crippen LogP contribution is 1.83. The molecule has 0 saturated heterocycles. The van der Waals surface area contributed by atoms with Gasteiger partial charge in [0.2, 0.25) is 6.41 Å². The first-order chi connectivity index (χ1) is 5.54. The van der Waals surface area contributed by atoms with E-state index in [9.17, 15) is 0 Å². The molecule has 0 atom stereocenters. The molecule has 0 aliphatic rings. The van der Waals surface area contributed by atoms with Gasteiger partial charge in [-0.3, -0.25) is 10.5 Å². The minimum absolute atomic E-state index is 0.537. The van der Waals surface area contributed by atoms with E-state index in [0.29, 0.717) is 13.2 Å². The second kappa shape index (κ2) is 10.3. The molecule has 12 heavy (non-hydrogen) atoms. The molecule has 0 heterocycles. The van der Waals surface area contributed by atoms with Crippen molar-refractivity contribution in [3.05, 3.63) is 0 Å². The summed E-state index contributed by atoms with van der Waals surface area (Å²) in [6, 6.07) is 0. The lowest BCUT2D eigenvalue weighted by Gasteiger charge is -2.09. The van der Waals surface area contributed by atoms with Gasteiger partial charge in [-0.15, -0.1) is 0 Å². The number of nitrogens with two attached hydrogens (primary N) is 1. The molecule has 0 aromatic carbocycles. The fraction of sp³-hybridized carbons (Fsp3) is 0.857. The van der Waals surface area contributed by atoms with Gasteiger partial charge >= 0.3 is 0 Å². The first kappa shape index (κ1) is 13.9. The van der Waals surface area contributed by atoms with Crippen molar-refractivity contribution in [3.63, 3.8) is 0 Å². The van der Waals surface area contributed by atoms with Crippen molar-refractivity contribution >= 4 is 5.97 Å². The molecule has 0 aromatic rings. The molecule has 0 unspecified atom stereocenters. The lowest BCUT2D eigenvalue weighted by atomic mass is 10.8. The van der Waals surface area contributed by atoms with Crippen LogP contribution in [-0.2, 0) is 14.3 Å². The van der Waals surface area contributed by atoms with Crippen LogP contribution in [0.25, 0.3) is 0 Å². The van der Waals surface area contributed by atoms with E-state index in [1.165, 1.54) is 0 Å². The van der Waals surface area contributed by atoms with Gasteiger partial charge < -0.3 is 14.6 Å². The Balaban J connectivity index is 0. The van der Waals surface area contributed by atoms with Gasteiger partial charge in [0.25, 0.3) is 5.97 Å². The van der Waals surface area contributed by atoms with Crippen LogP contribution in [0.5, 0.6) is 0 Å². The molecular formula is C7H17NO4. The SMILES string of the molecule is CC(=O)O.CCOC(N)OCC. The van der Waals surface area contributed by atoms with E-state index in [-0.39, 0.29) is 0 Å². The maximum absolute atomic E-state index is 9.00. The largest absolute Gasteiger partial charge is 0.481 e. The van der Waals surface area contributed by atoms with Crippen molar-refractivity contribution in [1.29, 1.82) is 0 Å². The molecule has 0 saturated carbocycles. The summed E-state index contributed by atoms with van der Waals surface area (Å²) in [4.78, 5) is 9.00. The number of aliphatic carboxylic acids is 1. The number of carbonyl (C=O) groups is 1. The number of hydrogen-bond acceptors (Lipinski definition) is 4. The summed E-state index contributed by atoms with van der Waals surface area (Å²) in [5.74, 6) is -0.833.